The smallest absolute Gasteiger partial charge is 0.253 e. The number of hydrogen-bond donors (Lipinski definition) is 0. The van der Waals surface area contributed by atoms with Gasteiger partial charge in [0.15, 0.2) is 0 Å². The van der Waals surface area contributed by atoms with Crippen molar-refractivity contribution >= 4 is 17.5 Å². The Labute approximate surface area is 112 Å². The molecule has 18 heavy (non-hydrogen) atoms. The van der Waals surface area contributed by atoms with Crippen molar-refractivity contribution in [2.24, 2.45) is 0 Å². The number of carbonyl (C=O) groups excluding carboxylic acids is 1. The van der Waals surface area contributed by atoms with Crippen molar-refractivity contribution in [3.63, 3.8) is 0 Å². The fourth-order valence-corrected chi connectivity index (χ4v) is 1.92. The Morgan fingerprint density at radius 3 is 2.78 bits per heavy atom. The van der Waals surface area contributed by atoms with Gasteiger partial charge in [-0.2, -0.15) is 0 Å². The summed E-state index contributed by atoms with van der Waals surface area (Å²) in [4.78, 5) is 13.7. The molecule has 1 aromatic rings. The molecule has 0 aliphatic rings. The van der Waals surface area contributed by atoms with E-state index in [1.54, 1.807) is 50.4 Å². The van der Waals surface area contributed by atoms with Gasteiger partial charge >= 0.3 is 0 Å². The van der Waals surface area contributed by atoms with Gasteiger partial charge in [0, 0.05) is 26.3 Å². The summed E-state index contributed by atoms with van der Waals surface area (Å²) in [5, 5.41) is -0.213. The van der Waals surface area contributed by atoms with Crippen LogP contribution in [0.15, 0.2) is 24.3 Å². The molecular formula is C13H18ClNO3. The molecule has 0 aliphatic carbocycles. The molecule has 0 saturated carbocycles. The summed E-state index contributed by atoms with van der Waals surface area (Å²) < 4.78 is 10.0. The maximum Gasteiger partial charge on any atom is 0.253 e. The number of rotatable bonds is 6. The molecule has 0 radical (unpaired) electrons. The first-order valence-corrected chi connectivity index (χ1v) is 6.04. The van der Waals surface area contributed by atoms with Gasteiger partial charge in [-0.1, -0.05) is 6.07 Å². The predicted molar refractivity (Wildman–Crippen MR) is 71.5 cm³/mol. The molecular weight excluding hydrogens is 254 g/mol. The molecule has 0 aromatic heterocycles. The van der Waals surface area contributed by atoms with E-state index in [-0.39, 0.29) is 11.3 Å². The van der Waals surface area contributed by atoms with Crippen LogP contribution in [0.5, 0.6) is 5.75 Å². The summed E-state index contributed by atoms with van der Waals surface area (Å²) in [6.45, 7) is 0.850. The number of carbonyl (C=O) groups is 1. The summed E-state index contributed by atoms with van der Waals surface area (Å²) in [5.41, 5.74) is 0.582. The lowest BCUT2D eigenvalue weighted by atomic mass is 10.2. The highest BCUT2D eigenvalue weighted by molar-refractivity contribution is 6.21. The zero-order valence-electron chi connectivity index (χ0n) is 10.9. The predicted octanol–water partition coefficient (Wildman–Crippen LogP) is 2.02. The fourth-order valence-electron chi connectivity index (χ4n) is 1.59. The SMILES string of the molecule is COCC(Cl)CN(C)C(=O)c1cccc(OC)c1. The largest absolute Gasteiger partial charge is 0.497 e. The van der Waals surface area contributed by atoms with Gasteiger partial charge in [-0.25, -0.2) is 0 Å². The topological polar surface area (TPSA) is 38.8 Å². The van der Waals surface area contributed by atoms with E-state index in [4.69, 9.17) is 21.1 Å². The zero-order valence-corrected chi connectivity index (χ0v) is 11.6. The number of alkyl halides is 1. The van der Waals surface area contributed by atoms with Crippen molar-refractivity contribution in [2.45, 2.75) is 5.38 Å². The normalized spacial score (nSPS) is 12.0. The van der Waals surface area contributed by atoms with Crippen LogP contribution in [-0.2, 0) is 4.74 Å². The Kier molecular flexibility index (Phi) is 5.95. The van der Waals surface area contributed by atoms with Crippen molar-refractivity contribution in [1.29, 1.82) is 0 Å². The van der Waals surface area contributed by atoms with Crippen LogP contribution in [0.4, 0.5) is 0 Å². The third kappa shape index (κ3) is 4.20. The van der Waals surface area contributed by atoms with Crippen LogP contribution in [0.1, 0.15) is 10.4 Å². The monoisotopic (exact) mass is 271 g/mol. The highest BCUT2D eigenvalue weighted by Crippen LogP contribution is 2.14. The summed E-state index contributed by atoms with van der Waals surface area (Å²) in [6.07, 6.45) is 0. The Morgan fingerprint density at radius 2 is 2.17 bits per heavy atom. The second kappa shape index (κ2) is 7.24. The van der Waals surface area contributed by atoms with Gasteiger partial charge in [-0.15, -0.1) is 11.6 Å². The maximum atomic E-state index is 12.1. The number of ether oxygens (including phenoxy) is 2. The Balaban J connectivity index is 2.67. The van der Waals surface area contributed by atoms with Crippen LogP contribution in [-0.4, -0.2) is 50.6 Å². The molecule has 0 fully saturated rings. The molecule has 0 bridgehead atoms. The number of nitrogens with zero attached hydrogens (tertiary/aromatic N) is 1. The maximum absolute atomic E-state index is 12.1. The first-order chi connectivity index (χ1) is 8.58. The molecule has 1 amide bonds. The van der Waals surface area contributed by atoms with Gasteiger partial charge in [0.25, 0.3) is 5.91 Å². The quantitative estimate of drug-likeness (QED) is 0.743. The van der Waals surface area contributed by atoms with E-state index in [0.717, 1.165) is 0 Å². The van der Waals surface area contributed by atoms with Crippen LogP contribution < -0.4 is 4.74 Å². The van der Waals surface area contributed by atoms with Crippen molar-refractivity contribution in [2.75, 3.05) is 34.4 Å². The summed E-state index contributed by atoms with van der Waals surface area (Å²) >= 11 is 6.02. The van der Waals surface area contributed by atoms with Crippen LogP contribution in [0.3, 0.4) is 0 Å². The van der Waals surface area contributed by atoms with E-state index in [0.29, 0.717) is 24.5 Å². The van der Waals surface area contributed by atoms with E-state index in [1.165, 1.54) is 0 Å². The first kappa shape index (κ1) is 14.8. The molecule has 0 N–H and O–H groups in total. The number of halogens is 1. The van der Waals surface area contributed by atoms with Crippen molar-refractivity contribution in [3.8, 4) is 5.75 Å². The second-order valence-corrected chi connectivity index (χ2v) is 4.59. The Bertz CT molecular complexity index is 398. The molecule has 4 nitrogen and oxygen atoms in total. The first-order valence-electron chi connectivity index (χ1n) is 5.61. The van der Waals surface area contributed by atoms with Gasteiger partial charge in [-0.05, 0) is 18.2 Å². The van der Waals surface area contributed by atoms with Crippen LogP contribution in [0, 0.1) is 0 Å². The van der Waals surface area contributed by atoms with Crippen LogP contribution in [0.2, 0.25) is 0 Å². The molecule has 1 rings (SSSR count). The van der Waals surface area contributed by atoms with E-state index in [2.05, 4.69) is 0 Å². The molecule has 1 unspecified atom stereocenters. The third-order valence-corrected chi connectivity index (χ3v) is 2.75. The molecule has 0 heterocycles. The molecule has 1 aromatic carbocycles. The lowest BCUT2D eigenvalue weighted by Gasteiger charge is -2.20. The van der Waals surface area contributed by atoms with E-state index >= 15 is 0 Å². The minimum atomic E-state index is -0.213. The van der Waals surface area contributed by atoms with Gasteiger partial charge in [-0.3, -0.25) is 4.79 Å². The third-order valence-electron chi connectivity index (χ3n) is 2.48. The summed E-state index contributed by atoms with van der Waals surface area (Å²) in [6, 6.07) is 7.04. The molecule has 0 spiro atoms. The average Bonchev–Trinajstić information content (AvgIpc) is 2.38. The van der Waals surface area contributed by atoms with E-state index in [9.17, 15) is 4.79 Å². The van der Waals surface area contributed by atoms with Gasteiger partial charge in [0.2, 0.25) is 0 Å². The average molecular weight is 272 g/mol. The Hall–Kier alpha value is -1.26. The molecule has 0 aliphatic heterocycles. The second-order valence-electron chi connectivity index (χ2n) is 3.97. The minimum absolute atomic E-state index is 0.0874. The Morgan fingerprint density at radius 1 is 1.44 bits per heavy atom. The molecule has 1 atom stereocenters. The standard InChI is InChI=1S/C13H18ClNO3/c1-15(8-11(14)9-17-2)13(16)10-5-4-6-12(7-10)18-3/h4-7,11H,8-9H2,1-3H3. The van der Waals surface area contributed by atoms with Crippen molar-refractivity contribution in [1.82, 2.24) is 4.90 Å². The summed E-state index contributed by atoms with van der Waals surface area (Å²) in [5.74, 6) is 0.573. The number of hydrogen-bond acceptors (Lipinski definition) is 3. The number of amides is 1. The van der Waals surface area contributed by atoms with Crippen LogP contribution >= 0.6 is 11.6 Å². The van der Waals surface area contributed by atoms with Crippen LogP contribution in [0.25, 0.3) is 0 Å². The number of benzene rings is 1. The summed E-state index contributed by atoms with van der Waals surface area (Å²) in [7, 11) is 4.87. The molecule has 100 valence electrons. The van der Waals surface area contributed by atoms with Gasteiger partial charge < -0.3 is 14.4 Å². The van der Waals surface area contributed by atoms with Gasteiger partial charge in [0.1, 0.15) is 5.75 Å². The van der Waals surface area contributed by atoms with Gasteiger partial charge in [0.05, 0.1) is 19.1 Å². The minimum Gasteiger partial charge on any atom is -0.497 e. The molecule has 5 heteroatoms. The lowest BCUT2D eigenvalue weighted by molar-refractivity contribution is 0.0781. The highest BCUT2D eigenvalue weighted by atomic mass is 35.5. The highest BCUT2D eigenvalue weighted by Gasteiger charge is 2.15. The van der Waals surface area contributed by atoms with Crippen molar-refractivity contribution in [3.05, 3.63) is 29.8 Å². The van der Waals surface area contributed by atoms with E-state index < -0.39 is 0 Å². The van der Waals surface area contributed by atoms with Crippen molar-refractivity contribution < 1.29 is 14.3 Å². The number of methoxy groups -OCH3 is 2. The molecule has 0 saturated heterocycles. The van der Waals surface area contributed by atoms with E-state index in [1.807, 2.05) is 0 Å². The lowest BCUT2D eigenvalue weighted by Crippen LogP contribution is -2.33. The fraction of sp³-hybridized carbons (Fsp3) is 0.462. The zero-order chi connectivity index (χ0) is 13.5.